The van der Waals surface area contributed by atoms with Crippen LogP contribution in [0.15, 0.2) is 24.3 Å². The molecule has 0 bridgehead atoms. The van der Waals surface area contributed by atoms with Crippen LogP contribution in [0.3, 0.4) is 0 Å². The third-order valence-corrected chi connectivity index (χ3v) is 3.84. The smallest absolute Gasteiger partial charge is 0.223 e. The molecule has 1 N–H and O–H groups in total. The second-order valence-corrected chi connectivity index (χ2v) is 6.15. The molecule has 1 aliphatic rings. The van der Waals surface area contributed by atoms with Gasteiger partial charge in [0.05, 0.1) is 12.1 Å². The number of β-amino-alcohol motifs (C(OH)–C–C–N with tert-alkyl or cyclic N) is 1. The molecule has 0 radical (unpaired) electrons. The van der Waals surface area contributed by atoms with Gasteiger partial charge in [0.1, 0.15) is 5.82 Å². The zero-order valence-electron chi connectivity index (χ0n) is 12.7. The van der Waals surface area contributed by atoms with Gasteiger partial charge in [-0.3, -0.25) is 4.79 Å². The lowest BCUT2D eigenvalue weighted by molar-refractivity contribution is -0.131. The number of nitrogens with zero attached hydrogens (tertiary/aromatic N) is 2. The van der Waals surface area contributed by atoms with Gasteiger partial charge in [-0.2, -0.15) is 0 Å². The largest absolute Gasteiger partial charge is 0.387 e. The van der Waals surface area contributed by atoms with Gasteiger partial charge in [-0.15, -0.1) is 0 Å². The molecular weight excluding hydrogens is 271 g/mol. The Labute approximate surface area is 125 Å². The van der Waals surface area contributed by atoms with Gasteiger partial charge in [-0.25, -0.2) is 4.39 Å². The predicted molar refractivity (Wildman–Crippen MR) is 79.4 cm³/mol. The van der Waals surface area contributed by atoms with Crippen LogP contribution in [0, 0.1) is 5.82 Å². The summed E-state index contributed by atoms with van der Waals surface area (Å²) >= 11 is 0. The van der Waals surface area contributed by atoms with E-state index >= 15 is 0 Å². The molecule has 1 aromatic carbocycles. The minimum Gasteiger partial charge on any atom is -0.387 e. The van der Waals surface area contributed by atoms with Crippen molar-refractivity contribution in [3.8, 4) is 0 Å². The third kappa shape index (κ3) is 4.51. The van der Waals surface area contributed by atoms with Gasteiger partial charge in [-0.1, -0.05) is 12.1 Å². The lowest BCUT2D eigenvalue weighted by Gasteiger charge is -2.26. The molecule has 0 saturated carbocycles. The number of aryl methyl sites for hydroxylation is 1. The van der Waals surface area contributed by atoms with E-state index in [0.29, 0.717) is 38.9 Å². The molecule has 1 saturated heterocycles. The summed E-state index contributed by atoms with van der Waals surface area (Å²) in [7, 11) is 3.83. The lowest BCUT2D eigenvalue weighted by atomic mass is 10.0. The highest BCUT2D eigenvalue weighted by Gasteiger charge is 2.38. The Morgan fingerprint density at radius 2 is 2.05 bits per heavy atom. The normalized spacial score (nSPS) is 22.0. The van der Waals surface area contributed by atoms with Crippen molar-refractivity contribution in [2.24, 2.45) is 0 Å². The maximum Gasteiger partial charge on any atom is 0.223 e. The Kier molecular flexibility index (Phi) is 4.96. The molecular formula is C16H23FN2O2. The molecule has 1 amide bonds. The van der Waals surface area contributed by atoms with Crippen LogP contribution in [-0.2, 0) is 11.2 Å². The number of amides is 1. The van der Waals surface area contributed by atoms with E-state index < -0.39 is 5.60 Å². The van der Waals surface area contributed by atoms with Gasteiger partial charge in [0.2, 0.25) is 5.91 Å². The molecule has 1 fully saturated rings. The molecule has 116 valence electrons. The fourth-order valence-electron chi connectivity index (χ4n) is 2.85. The average molecular weight is 294 g/mol. The minimum atomic E-state index is -0.797. The highest BCUT2D eigenvalue weighted by Crippen LogP contribution is 2.22. The maximum atomic E-state index is 12.8. The van der Waals surface area contributed by atoms with Crippen LogP contribution in [0.25, 0.3) is 0 Å². The first kappa shape index (κ1) is 15.9. The van der Waals surface area contributed by atoms with Gasteiger partial charge < -0.3 is 14.9 Å². The molecule has 4 nitrogen and oxygen atoms in total. The fraction of sp³-hybridized carbons (Fsp3) is 0.562. The summed E-state index contributed by atoms with van der Waals surface area (Å²) in [4.78, 5) is 15.9. The van der Waals surface area contributed by atoms with Crippen molar-refractivity contribution in [2.45, 2.75) is 24.9 Å². The summed E-state index contributed by atoms with van der Waals surface area (Å²) in [6.45, 7) is 1.56. The van der Waals surface area contributed by atoms with Crippen molar-refractivity contribution in [2.75, 3.05) is 33.7 Å². The van der Waals surface area contributed by atoms with Crippen LogP contribution in [0.2, 0.25) is 0 Å². The second kappa shape index (κ2) is 6.54. The fourth-order valence-corrected chi connectivity index (χ4v) is 2.85. The number of hydrogen-bond donors (Lipinski definition) is 1. The summed E-state index contributed by atoms with van der Waals surface area (Å²) < 4.78 is 12.8. The summed E-state index contributed by atoms with van der Waals surface area (Å²) in [6, 6.07) is 6.22. The monoisotopic (exact) mass is 294 g/mol. The molecule has 21 heavy (non-hydrogen) atoms. The Morgan fingerprint density at radius 3 is 2.67 bits per heavy atom. The van der Waals surface area contributed by atoms with Gasteiger partial charge in [0.25, 0.3) is 0 Å². The first-order valence-electron chi connectivity index (χ1n) is 7.27. The Morgan fingerprint density at radius 1 is 1.38 bits per heavy atom. The number of aliphatic hydroxyl groups is 1. The number of likely N-dealkylation sites (tertiary alicyclic amines) is 1. The summed E-state index contributed by atoms with van der Waals surface area (Å²) in [5.41, 5.74) is 0.155. The van der Waals surface area contributed by atoms with Crippen LogP contribution < -0.4 is 0 Å². The predicted octanol–water partition coefficient (Wildman–Crippen LogP) is 1.28. The SMILES string of the molecule is CN(C)C[C@@]1(O)CCN(C(=O)CCc2ccc(F)cc2)C1. The number of rotatable bonds is 5. The van der Waals surface area contributed by atoms with Gasteiger partial charge in [0.15, 0.2) is 0 Å². The van der Waals surface area contributed by atoms with E-state index in [1.807, 2.05) is 19.0 Å². The third-order valence-electron chi connectivity index (χ3n) is 3.84. The Bertz CT molecular complexity index is 490. The minimum absolute atomic E-state index is 0.0500. The first-order chi connectivity index (χ1) is 9.88. The highest BCUT2D eigenvalue weighted by molar-refractivity contribution is 5.77. The van der Waals surface area contributed by atoms with Crippen LogP contribution in [-0.4, -0.2) is 60.1 Å². The van der Waals surface area contributed by atoms with E-state index in [1.54, 1.807) is 17.0 Å². The van der Waals surface area contributed by atoms with Gasteiger partial charge >= 0.3 is 0 Å². The van der Waals surface area contributed by atoms with Crippen LogP contribution in [0.5, 0.6) is 0 Å². The molecule has 0 aliphatic carbocycles. The molecule has 2 rings (SSSR count). The van der Waals surface area contributed by atoms with Crippen molar-refractivity contribution in [3.05, 3.63) is 35.6 Å². The highest BCUT2D eigenvalue weighted by atomic mass is 19.1. The van der Waals surface area contributed by atoms with E-state index in [4.69, 9.17) is 0 Å². The van der Waals surface area contributed by atoms with Crippen LogP contribution in [0.4, 0.5) is 4.39 Å². The first-order valence-corrected chi connectivity index (χ1v) is 7.27. The number of carbonyl (C=O) groups is 1. The quantitative estimate of drug-likeness (QED) is 0.890. The number of benzene rings is 1. The van der Waals surface area contributed by atoms with Crippen molar-refractivity contribution >= 4 is 5.91 Å². The summed E-state index contributed by atoms with van der Waals surface area (Å²) in [6.07, 6.45) is 1.61. The Hall–Kier alpha value is -1.46. The molecule has 1 aromatic rings. The lowest BCUT2D eigenvalue weighted by Crippen LogP contribution is -2.43. The van der Waals surface area contributed by atoms with E-state index in [1.165, 1.54) is 12.1 Å². The van der Waals surface area contributed by atoms with E-state index in [9.17, 15) is 14.3 Å². The standard InChI is InChI=1S/C16H23FN2O2/c1-18(2)11-16(21)9-10-19(12-16)15(20)8-5-13-3-6-14(17)7-4-13/h3-4,6-7,21H,5,8-12H2,1-2H3/t16-/m0/s1. The summed E-state index contributed by atoms with van der Waals surface area (Å²) in [5, 5.41) is 10.4. The summed E-state index contributed by atoms with van der Waals surface area (Å²) in [5.74, 6) is -0.215. The van der Waals surface area contributed by atoms with Gasteiger partial charge in [0, 0.05) is 19.5 Å². The second-order valence-electron chi connectivity index (χ2n) is 6.15. The van der Waals surface area contributed by atoms with Crippen molar-refractivity contribution in [3.63, 3.8) is 0 Å². The molecule has 0 spiro atoms. The number of hydrogen-bond acceptors (Lipinski definition) is 3. The average Bonchev–Trinajstić information content (AvgIpc) is 2.79. The van der Waals surface area contributed by atoms with Crippen molar-refractivity contribution in [1.82, 2.24) is 9.80 Å². The molecule has 0 aromatic heterocycles. The number of likely N-dealkylation sites (N-methyl/N-ethyl adjacent to an activating group) is 1. The van der Waals surface area contributed by atoms with E-state index in [-0.39, 0.29) is 11.7 Å². The van der Waals surface area contributed by atoms with Crippen molar-refractivity contribution < 1.29 is 14.3 Å². The molecule has 1 atom stereocenters. The maximum absolute atomic E-state index is 12.8. The molecule has 1 heterocycles. The van der Waals surface area contributed by atoms with Crippen LogP contribution in [0.1, 0.15) is 18.4 Å². The van der Waals surface area contributed by atoms with Crippen LogP contribution >= 0.6 is 0 Å². The van der Waals surface area contributed by atoms with E-state index in [2.05, 4.69) is 0 Å². The number of halogens is 1. The molecule has 0 unspecified atom stereocenters. The zero-order chi connectivity index (χ0) is 15.5. The zero-order valence-corrected chi connectivity index (χ0v) is 12.7. The topological polar surface area (TPSA) is 43.8 Å². The van der Waals surface area contributed by atoms with E-state index in [0.717, 1.165) is 5.56 Å². The Balaban J connectivity index is 1.83. The van der Waals surface area contributed by atoms with Crippen molar-refractivity contribution in [1.29, 1.82) is 0 Å². The number of carbonyl (C=O) groups excluding carboxylic acids is 1. The molecule has 5 heteroatoms. The van der Waals surface area contributed by atoms with Gasteiger partial charge in [-0.05, 0) is 44.6 Å². The molecule has 1 aliphatic heterocycles.